The lowest BCUT2D eigenvalue weighted by atomic mass is 10.1. The zero-order valence-corrected chi connectivity index (χ0v) is 11.5. The molecule has 0 aliphatic heterocycles. The van der Waals surface area contributed by atoms with Gasteiger partial charge in [0.05, 0.1) is 11.9 Å². The normalized spacial score (nSPS) is 12.9. The van der Waals surface area contributed by atoms with Crippen LogP contribution in [0.4, 0.5) is 0 Å². The fraction of sp³-hybridized carbons (Fsp3) is 0.500. The summed E-state index contributed by atoms with van der Waals surface area (Å²) < 4.78 is 1.80. The van der Waals surface area contributed by atoms with Crippen molar-refractivity contribution >= 4 is 11.3 Å². The molecule has 1 atom stereocenters. The van der Waals surface area contributed by atoms with Crippen LogP contribution in [-0.2, 0) is 13.6 Å². The van der Waals surface area contributed by atoms with Crippen molar-refractivity contribution in [2.75, 3.05) is 0 Å². The predicted octanol–water partition coefficient (Wildman–Crippen LogP) is 2.34. The van der Waals surface area contributed by atoms with Gasteiger partial charge < -0.3 is 5.32 Å². The smallest absolute Gasteiger partial charge is 0.0738 e. The molecule has 2 aromatic heterocycles. The molecule has 0 aliphatic carbocycles. The molecule has 2 aromatic rings. The van der Waals surface area contributed by atoms with Gasteiger partial charge in [-0.3, -0.25) is 4.68 Å². The van der Waals surface area contributed by atoms with Crippen LogP contribution in [0.2, 0.25) is 0 Å². The number of rotatable bonds is 4. The summed E-state index contributed by atoms with van der Waals surface area (Å²) in [6.07, 6.45) is 1.80. The lowest BCUT2D eigenvalue weighted by molar-refractivity contribution is 0.546. The first-order valence-electron chi connectivity index (χ1n) is 5.72. The van der Waals surface area contributed by atoms with Crippen molar-refractivity contribution in [3.63, 3.8) is 0 Å². The Labute approximate surface area is 106 Å². The van der Waals surface area contributed by atoms with Crippen molar-refractivity contribution in [1.82, 2.24) is 20.3 Å². The van der Waals surface area contributed by atoms with E-state index < -0.39 is 0 Å². The summed E-state index contributed by atoms with van der Waals surface area (Å²) in [5, 5.41) is 11.3. The first kappa shape index (κ1) is 12.3. The van der Waals surface area contributed by atoms with Gasteiger partial charge in [0.25, 0.3) is 0 Å². The fourth-order valence-corrected chi connectivity index (χ4v) is 2.94. The molecule has 5 heteroatoms. The number of hydrogen-bond donors (Lipinski definition) is 1. The summed E-state index contributed by atoms with van der Waals surface area (Å²) in [6, 6.07) is 2.62. The van der Waals surface area contributed by atoms with E-state index in [1.165, 1.54) is 15.3 Å². The number of nitrogens with one attached hydrogen (secondary N) is 1. The number of aromatic nitrogens is 3. The van der Waals surface area contributed by atoms with Crippen molar-refractivity contribution in [1.29, 1.82) is 0 Å². The van der Waals surface area contributed by atoms with E-state index in [-0.39, 0.29) is 0 Å². The van der Waals surface area contributed by atoms with E-state index >= 15 is 0 Å². The van der Waals surface area contributed by atoms with Crippen LogP contribution in [0, 0.1) is 13.8 Å². The molecule has 0 aromatic carbocycles. The summed E-state index contributed by atoms with van der Waals surface area (Å²) in [5.41, 5.74) is 2.49. The molecule has 2 heterocycles. The molecule has 0 spiro atoms. The quantitative estimate of drug-likeness (QED) is 0.905. The molecule has 2 rings (SSSR count). The molecule has 0 bridgehead atoms. The first-order valence-corrected chi connectivity index (χ1v) is 6.53. The second kappa shape index (κ2) is 4.98. The maximum absolute atomic E-state index is 3.92. The molecule has 0 aliphatic rings. The molecule has 0 radical (unpaired) electrons. The van der Waals surface area contributed by atoms with Gasteiger partial charge in [-0.25, -0.2) is 0 Å². The first-order chi connectivity index (χ1) is 8.08. The zero-order valence-electron chi connectivity index (χ0n) is 10.7. The minimum absolute atomic E-state index is 0.356. The van der Waals surface area contributed by atoms with Crippen LogP contribution in [0.15, 0.2) is 12.3 Å². The Balaban J connectivity index is 2.00. The van der Waals surface area contributed by atoms with Gasteiger partial charge in [0.15, 0.2) is 0 Å². The van der Waals surface area contributed by atoms with Gasteiger partial charge in [-0.05, 0) is 32.4 Å². The molecule has 0 saturated heterocycles. The third-order valence-corrected chi connectivity index (χ3v) is 3.93. The molecular weight excluding hydrogens is 232 g/mol. The second-order valence-electron chi connectivity index (χ2n) is 4.32. The van der Waals surface area contributed by atoms with Crippen molar-refractivity contribution in [3.05, 3.63) is 33.3 Å². The van der Waals surface area contributed by atoms with E-state index in [9.17, 15) is 0 Å². The van der Waals surface area contributed by atoms with Crippen LogP contribution in [0.25, 0.3) is 0 Å². The van der Waals surface area contributed by atoms with Gasteiger partial charge in [0, 0.05) is 29.4 Å². The van der Waals surface area contributed by atoms with Crippen LogP contribution in [0.3, 0.4) is 0 Å². The molecule has 0 fully saturated rings. The Hall–Kier alpha value is -1.20. The SMILES string of the molecule is Cc1cc(C(C)NCc2cnnn2C)c(C)s1. The highest BCUT2D eigenvalue weighted by molar-refractivity contribution is 7.12. The summed E-state index contributed by atoms with van der Waals surface area (Å²) >= 11 is 1.85. The second-order valence-corrected chi connectivity index (χ2v) is 5.78. The average Bonchev–Trinajstić information content (AvgIpc) is 2.81. The Morgan fingerprint density at radius 3 is 2.76 bits per heavy atom. The lowest BCUT2D eigenvalue weighted by Gasteiger charge is -2.13. The number of thiophene rings is 1. The van der Waals surface area contributed by atoms with Gasteiger partial charge >= 0.3 is 0 Å². The number of nitrogens with zero attached hydrogens (tertiary/aromatic N) is 3. The number of hydrogen-bond acceptors (Lipinski definition) is 4. The highest BCUT2D eigenvalue weighted by atomic mass is 32.1. The van der Waals surface area contributed by atoms with E-state index in [0.717, 1.165) is 12.2 Å². The van der Waals surface area contributed by atoms with Crippen molar-refractivity contribution in [2.24, 2.45) is 7.05 Å². The summed E-state index contributed by atoms with van der Waals surface area (Å²) in [7, 11) is 1.91. The maximum atomic E-state index is 3.92. The van der Waals surface area contributed by atoms with Crippen LogP contribution in [-0.4, -0.2) is 15.0 Å². The zero-order chi connectivity index (χ0) is 12.4. The van der Waals surface area contributed by atoms with E-state index in [0.29, 0.717) is 6.04 Å². The van der Waals surface area contributed by atoms with Crippen LogP contribution in [0.1, 0.15) is 34.0 Å². The Kier molecular flexibility index (Phi) is 3.59. The largest absolute Gasteiger partial charge is 0.304 e. The Morgan fingerprint density at radius 1 is 1.47 bits per heavy atom. The summed E-state index contributed by atoms with van der Waals surface area (Å²) in [6.45, 7) is 7.31. The Morgan fingerprint density at radius 2 is 2.24 bits per heavy atom. The molecule has 1 unspecified atom stereocenters. The number of aryl methyl sites for hydroxylation is 3. The molecule has 0 saturated carbocycles. The van der Waals surface area contributed by atoms with Gasteiger partial charge in [-0.2, -0.15) is 0 Å². The van der Waals surface area contributed by atoms with Crippen molar-refractivity contribution in [3.8, 4) is 0 Å². The van der Waals surface area contributed by atoms with Crippen LogP contribution in [0.5, 0.6) is 0 Å². The third kappa shape index (κ3) is 2.73. The molecule has 92 valence electrons. The van der Waals surface area contributed by atoms with Crippen LogP contribution >= 0.6 is 11.3 Å². The third-order valence-electron chi connectivity index (χ3n) is 2.94. The van der Waals surface area contributed by atoms with E-state index in [1.54, 1.807) is 10.9 Å². The van der Waals surface area contributed by atoms with E-state index in [1.807, 2.05) is 18.4 Å². The lowest BCUT2D eigenvalue weighted by Crippen LogP contribution is -2.19. The summed E-state index contributed by atoms with van der Waals surface area (Å²) in [5.74, 6) is 0. The van der Waals surface area contributed by atoms with Gasteiger partial charge in [0.2, 0.25) is 0 Å². The van der Waals surface area contributed by atoms with Gasteiger partial charge in [-0.15, -0.1) is 16.4 Å². The highest BCUT2D eigenvalue weighted by Crippen LogP contribution is 2.26. The predicted molar refractivity (Wildman–Crippen MR) is 70.1 cm³/mol. The molecule has 1 N–H and O–H groups in total. The standard InChI is InChI=1S/C12H18N4S/c1-8-5-12(10(3)17-8)9(2)13-6-11-7-14-15-16(11)4/h5,7,9,13H,6H2,1-4H3. The fourth-order valence-electron chi connectivity index (χ4n) is 1.92. The van der Waals surface area contributed by atoms with E-state index in [2.05, 4.69) is 42.5 Å². The minimum Gasteiger partial charge on any atom is -0.304 e. The molecule has 0 amide bonds. The molecule has 17 heavy (non-hydrogen) atoms. The maximum Gasteiger partial charge on any atom is 0.0738 e. The van der Waals surface area contributed by atoms with Crippen LogP contribution < -0.4 is 5.32 Å². The minimum atomic E-state index is 0.356. The van der Waals surface area contributed by atoms with E-state index in [4.69, 9.17) is 0 Å². The summed E-state index contributed by atoms with van der Waals surface area (Å²) in [4.78, 5) is 2.76. The highest BCUT2D eigenvalue weighted by Gasteiger charge is 2.11. The monoisotopic (exact) mass is 250 g/mol. The average molecular weight is 250 g/mol. The topological polar surface area (TPSA) is 42.7 Å². The van der Waals surface area contributed by atoms with Crippen molar-refractivity contribution < 1.29 is 0 Å². The van der Waals surface area contributed by atoms with Gasteiger partial charge in [0.1, 0.15) is 0 Å². The molecular formula is C12H18N4S. The van der Waals surface area contributed by atoms with Gasteiger partial charge in [-0.1, -0.05) is 5.21 Å². The Bertz CT molecular complexity index is 500. The molecule has 4 nitrogen and oxygen atoms in total. The van der Waals surface area contributed by atoms with Crippen molar-refractivity contribution in [2.45, 2.75) is 33.4 Å².